The van der Waals surface area contributed by atoms with E-state index in [9.17, 15) is 36.0 Å². The smallest absolute Gasteiger partial charge is 0.427 e. The number of pyridine rings is 2. The number of nitrogens with one attached hydrogen (secondary N) is 3. The third-order valence-corrected chi connectivity index (χ3v) is 15.3. The molecule has 2 aliphatic heterocycles. The van der Waals surface area contributed by atoms with Crippen molar-refractivity contribution in [2.45, 2.75) is 140 Å². The zero-order valence-corrected chi connectivity index (χ0v) is 39.5. The average molecular weight is 953 g/mol. The lowest BCUT2D eigenvalue weighted by Gasteiger charge is -2.34. The Kier molecular flexibility index (Phi) is 13.8. The average Bonchev–Trinajstić information content (AvgIpc) is 4.14. The number of alkyl halides is 3. The molecule has 4 heterocycles. The van der Waals surface area contributed by atoms with Crippen LogP contribution in [0.25, 0.3) is 22.5 Å². The zero-order valence-electron chi connectivity index (χ0n) is 38.7. The molecule has 19 heteroatoms. The zero-order chi connectivity index (χ0) is 48.7. The van der Waals surface area contributed by atoms with Gasteiger partial charge in [0.1, 0.15) is 35.2 Å². The van der Waals surface area contributed by atoms with Gasteiger partial charge in [0.25, 0.3) is 5.91 Å². The van der Waals surface area contributed by atoms with E-state index in [0.29, 0.717) is 74.4 Å². The molecule has 15 nitrogen and oxygen atoms in total. The van der Waals surface area contributed by atoms with Gasteiger partial charge >= 0.3 is 12.3 Å². The van der Waals surface area contributed by atoms with Gasteiger partial charge in [0.05, 0.1) is 28.8 Å². The molecule has 4 amide bonds. The third-order valence-electron chi connectivity index (χ3n) is 13.1. The van der Waals surface area contributed by atoms with Crippen molar-refractivity contribution in [3.8, 4) is 34.0 Å². The van der Waals surface area contributed by atoms with E-state index >= 15 is 4.79 Å². The highest BCUT2D eigenvalue weighted by Gasteiger charge is 2.63. The van der Waals surface area contributed by atoms with Crippen LogP contribution in [0.5, 0.6) is 11.5 Å². The van der Waals surface area contributed by atoms with E-state index in [-0.39, 0.29) is 31.4 Å². The molecule has 2 aliphatic carbocycles. The van der Waals surface area contributed by atoms with Crippen LogP contribution in [0.2, 0.25) is 0 Å². The standard InChI is InChI=1S/C48H59F3N6O9S/c1-28(2)64-34-16-14-31(15-17-34)37-22-35(23-38(53-37)32-12-10-20-52-26-32)65-36-24-39-41(58)55-47(43(60)56-67(62,63)46(7)18-19-46)25-33(47)13-9-8-11-29(3)21-30(4)40(42(59)57(39)27-36)54-44(61)66-45(5,6)48(49,50)51/h9-10,12-17,20,22-23,26,28-30,33,36,39-40H,8,11,18-19,21,24-25,27H2,1-7H3,(H,54,61)(H,55,58)(H,56,60)/b13-9-/t29-,30+,33+,36+,39-,40-,47+/m0/s1. The molecule has 7 rings (SSSR count). The Morgan fingerprint density at radius 3 is 2.30 bits per heavy atom. The number of ether oxygens (including phenoxy) is 3. The Labute approximate surface area is 389 Å². The number of hydrogen-bond donors (Lipinski definition) is 3. The lowest BCUT2D eigenvalue weighted by Crippen LogP contribution is -2.59. The fourth-order valence-electron chi connectivity index (χ4n) is 8.60. The lowest BCUT2D eigenvalue weighted by molar-refractivity contribution is -0.244. The lowest BCUT2D eigenvalue weighted by atomic mass is 9.88. The maximum absolute atomic E-state index is 15.0. The van der Waals surface area contributed by atoms with Gasteiger partial charge < -0.3 is 29.7 Å². The molecule has 4 aliphatic rings. The molecule has 7 atom stereocenters. The van der Waals surface area contributed by atoms with Gasteiger partial charge in [-0.15, -0.1) is 0 Å². The number of sulfonamides is 1. The van der Waals surface area contributed by atoms with Crippen LogP contribution in [-0.2, 0) is 29.1 Å². The highest BCUT2D eigenvalue weighted by Crippen LogP contribution is 2.48. The van der Waals surface area contributed by atoms with Gasteiger partial charge in [-0.1, -0.05) is 26.0 Å². The van der Waals surface area contributed by atoms with E-state index in [1.807, 2.05) is 57.2 Å². The number of carbonyl (C=O) groups is 4. The number of amides is 4. The summed E-state index contributed by atoms with van der Waals surface area (Å²) in [5.41, 5.74) is -2.13. The molecule has 0 bridgehead atoms. The van der Waals surface area contributed by atoms with E-state index < -0.39 is 85.9 Å². The van der Waals surface area contributed by atoms with Gasteiger partial charge in [0, 0.05) is 48.0 Å². The maximum Gasteiger partial charge on any atom is 0.427 e. The number of aromatic nitrogens is 2. The summed E-state index contributed by atoms with van der Waals surface area (Å²) in [5.74, 6) is -2.77. The van der Waals surface area contributed by atoms with Gasteiger partial charge in [0.2, 0.25) is 27.4 Å². The molecular formula is C48H59F3N6O9S. The number of hydrogen-bond acceptors (Lipinski definition) is 11. The fourth-order valence-corrected chi connectivity index (χ4v) is 9.91. The molecule has 0 radical (unpaired) electrons. The second kappa shape index (κ2) is 18.8. The number of alkyl carbamates (subject to hydrolysis) is 1. The van der Waals surface area contributed by atoms with Gasteiger partial charge in [-0.3, -0.25) is 24.1 Å². The van der Waals surface area contributed by atoms with Gasteiger partial charge in [-0.25, -0.2) is 18.2 Å². The monoisotopic (exact) mass is 952 g/mol. The van der Waals surface area contributed by atoms with E-state index in [0.717, 1.165) is 5.56 Å². The van der Waals surface area contributed by atoms with Crippen LogP contribution < -0.4 is 24.8 Å². The van der Waals surface area contributed by atoms with E-state index in [4.69, 9.17) is 19.2 Å². The van der Waals surface area contributed by atoms with Crippen LogP contribution in [0.15, 0.2) is 73.1 Å². The minimum Gasteiger partial charge on any atom is -0.491 e. The van der Waals surface area contributed by atoms with Crippen molar-refractivity contribution in [3.63, 3.8) is 0 Å². The third kappa shape index (κ3) is 11.0. The highest BCUT2D eigenvalue weighted by atomic mass is 32.2. The summed E-state index contributed by atoms with van der Waals surface area (Å²) in [5, 5.41) is 5.24. The summed E-state index contributed by atoms with van der Waals surface area (Å²) >= 11 is 0. The van der Waals surface area contributed by atoms with Crippen molar-refractivity contribution in [3.05, 3.63) is 73.1 Å². The summed E-state index contributed by atoms with van der Waals surface area (Å²) < 4.78 is 86.7. The normalized spacial score (nSPS) is 27.0. The molecule has 3 N–H and O–H groups in total. The Morgan fingerprint density at radius 1 is 0.985 bits per heavy atom. The molecule has 2 aromatic heterocycles. The second-order valence-corrected chi connectivity index (χ2v) is 21.7. The molecule has 362 valence electrons. The van der Waals surface area contributed by atoms with Crippen LogP contribution in [0.4, 0.5) is 18.0 Å². The molecule has 3 fully saturated rings. The van der Waals surface area contributed by atoms with Crippen molar-refractivity contribution < 1.29 is 55.0 Å². The second-order valence-electron chi connectivity index (χ2n) is 19.5. The molecule has 0 unspecified atom stereocenters. The minimum absolute atomic E-state index is 0.0436. The first-order valence-corrected chi connectivity index (χ1v) is 24.2. The van der Waals surface area contributed by atoms with Crippen LogP contribution >= 0.6 is 0 Å². The van der Waals surface area contributed by atoms with Crippen LogP contribution in [-0.4, -0.2) is 100 Å². The topological polar surface area (TPSA) is 195 Å². The fraction of sp³-hybridized carbons (Fsp3) is 0.542. The molecule has 0 spiro atoms. The van der Waals surface area contributed by atoms with Crippen molar-refractivity contribution in [2.24, 2.45) is 17.8 Å². The maximum atomic E-state index is 15.0. The van der Waals surface area contributed by atoms with Crippen molar-refractivity contribution in [2.75, 3.05) is 6.54 Å². The number of halogens is 3. The minimum atomic E-state index is -4.93. The van der Waals surface area contributed by atoms with Crippen molar-refractivity contribution in [1.82, 2.24) is 30.2 Å². The first-order chi connectivity index (χ1) is 31.4. The Morgan fingerprint density at radius 2 is 1.67 bits per heavy atom. The molecule has 1 aromatic carbocycles. The number of nitrogens with zero attached hydrogens (tertiary/aromatic N) is 3. The highest BCUT2D eigenvalue weighted by molar-refractivity contribution is 7.91. The number of rotatable bonds is 11. The molecular weight excluding hydrogens is 894 g/mol. The van der Waals surface area contributed by atoms with Gasteiger partial charge in [0.15, 0.2) is 0 Å². The summed E-state index contributed by atoms with van der Waals surface area (Å²) in [4.78, 5) is 67.5. The summed E-state index contributed by atoms with van der Waals surface area (Å²) in [6.07, 6.45) is 1.77. The molecule has 1 saturated heterocycles. The first kappa shape index (κ1) is 49.2. The van der Waals surface area contributed by atoms with Gasteiger partial charge in [-0.2, -0.15) is 13.2 Å². The molecule has 3 aromatic rings. The quantitative estimate of drug-likeness (QED) is 0.164. The Balaban J connectivity index is 1.25. The van der Waals surface area contributed by atoms with Crippen LogP contribution in [0.1, 0.15) is 93.4 Å². The number of allylic oxidation sites excluding steroid dienone is 1. The predicted molar refractivity (Wildman–Crippen MR) is 242 cm³/mol. The van der Waals surface area contributed by atoms with Crippen LogP contribution in [0.3, 0.4) is 0 Å². The molecule has 2 saturated carbocycles. The van der Waals surface area contributed by atoms with Gasteiger partial charge in [-0.05, 0) is 121 Å². The summed E-state index contributed by atoms with van der Waals surface area (Å²) in [6.45, 7) is 10.2. The first-order valence-electron chi connectivity index (χ1n) is 22.7. The van der Waals surface area contributed by atoms with E-state index in [1.54, 1.807) is 43.6 Å². The van der Waals surface area contributed by atoms with Crippen molar-refractivity contribution >= 4 is 33.8 Å². The summed E-state index contributed by atoms with van der Waals surface area (Å²) in [6, 6.07) is 11.5. The van der Waals surface area contributed by atoms with Crippen molar-refractivity contribution in [1.29, 1.82) is 0 Å². The number of fused-ring (bicyclic) bond motifs is 2. The Hall–Kier alpha value is -5.72. The van der Waals surface area contributed by atoms with Crippen LogP contribution in [0, 0.1) is 17.8 Å². The summed E-state index contributed by atoms with van der Waals surface area (Å²) in [7, 11) is -4.11. The number of carbonyl (C=O) groups excluding carboxylic acids is 4. The predicted octanol–water partition coefficient (Wildman–Crippen LogP) is 7.27. The van der Waals surface area contributed by atoms with E-state index in [2.05, 4.69) is 20.3 Å². The SMILES string of the molecule is CC(C)Oc1ccc(-c2cc(O[C@@H]3C[C@H]4C(=O)N[C@]5(C(=O)NS(=O)(=O)C6(C)CC6)C[C@H]5/C=C\CC[C@H](C)C[C@@H](C)[C@H](NC(=O)OC(C)(C)C(F)(F)F)C(=O)N4C3)cc(-c3cccnc3)n2)cc1. The van der Waals surface area contributed by atoms with E-state index in [1.165, 1.54) is 11.8 Å². The number of benzene rings is 1. The largest absolute Gasteiger partial charge is 0.491 e. The Bertz CT molecular complexity index is 2480. The molecule has 67 heavy (non-hydrogen) atoms.